The number of carbonyl (C=O) groups excluding carboxylic acids is 1. The van der Waals surface area contributed by atoms with E-state index in [-0.39, 0.29) is 11.8 Å². The van der Waals surface area contributed by atoms with Crippen LogP contribution in [-0.4, -0.2) is 12.1 Å². The number of fused-ring (bicyclic) bond motifs is 1. The molecule has 20 heavy (non-hydrogen) atoms. The first-order valence-electron chi connectivity index (χ1n) is 6.38. The monoisotopic (exact) mass is 284 g/mol. The first-order chi connectivity index (χ1) is 9.74. The van der Waals surface area contributed by atoms with Crippen LogP contribution in [0.25, 0.3) is 0 Å². The highest BCUT2D eigenvalue weighted by Gasteiger charge is 2.28. The van der Waals surface area contributed by atoms with Gasteiger partial charge in [0.05, 0.1) is 6.54 Å². The molecule has 1 aliphatic heterocycles. The molecule has 3 nitrogen and oxygen atoms in total. The van der Waals surface area contributed by atoms with Gasteiger partial charge in [0, 0.05) is 16.9 Å². The molecule has 0 aliphatic carbocycles. The Morgan fingerprint density at radius 1 is 1.15 bits per heavy atom. The lowest BCUT2D eigenvalue weighted by Gasteiger charge is -2.02. The maximum absolute atomic E-state index is 11.9. The number of hydrogen-bond donors (Lipinski definition) is 1. The second-order valence-electron chi connectivity index (χ2n) is 4.67. The Labute approximate surface area is 122 Å². The van der Waals surface area contributed by atoms with Gasteiger partial charge >= 0.3 is 0 Å². The van der Waals surface area contributed by atoms with Crippen LogP contribution in [0.4, 0.5) is 5.69 Å². The molecule has 0 bridgehead atoms. The quantitative estimate of drug-likeness (QED) is 0.859. The molecule has 3 rings (SSSR count). The predicted molar refractivity (Wildman–Crippen MR) is 81.5 cm³/mol. The van der Waals surface area contributed by atoms with E-state index in [1.165, 1.54) is 0 Å². The smallest absolute Gasteiger partial charge is 0.237 e. The van der Waals surface area contributed by atoms with Gasteiger partial charge < -0.3 is 5.32 Å². The summed E-state index contributed by atoms with van der Waals surface area (Å²) in [5.74, 6) is -0.315. The summed E-state index contributed by atoms with van der Waals surface area (Å²) in [6.07, 6.45) is 1.72. The lowest BCUT2D eigenvalue weighted by molar-refractivity contribution is -0.115. The molecule has 0 aromatic heterocycles. The summed E-state index contributed by atoms with van der Waals surface area (Å²) in [6.45, 7) is 0.545. The van der Waals surface area contributed by atoms with E-state index in [2.05, 4.69) is 10.3 Å². The Hall–Kier alpha value is -2.13. The minimum absolute atomic E-state index is 0.0222. The fourth-order valence-corrected chi connectivity index (χ4v) is 2.36. The van der Waals surface area contributed by atoms with E-state index in [9.17, 15) is 4.79 Å². The van der Waals surface area contributed by atoms with Crippen LogP contribution >= 0.6 is 11.6 Å². The van der Waals surface area contributed by atoms with Crippen molar-refractivity contribution in [2.45, 2.75) is 12.5 Å². The molecule has 0 spiro atoms. The Morgan fingerprint density at radius 2 is 1.90 bits per heavy atom. The SMILES string of the molecule is O=C1Nc2ccccc2[C@H]1C=NCc1ccc(Cl)cc1. The highest BCUT2D eigenvalue weighted by molar-refractivity contribution is 6.30. The van der Waals surface area contributed by atoms with Crippen molar-refractivity contribution < 1.29 is 4.79 Å². The minimum atomic E-state index is -0.293. The molecular formula is C16H13ClN2O. The number of para-hydroxylation sites is 1. The first kappa shape index (κ1) is 12.9. The second-order valence-corrected chi connectivity index (χ2v) is 5.11. The van der Waals surface area contributed by atoms with E-state index in [1.54, 1.807) is 6.21 Å². The van der Waals surface area contributed by atoms with Crippen LogP contribution in [0.2, 0.25) is 5.02 Å². The molecule has 2 aromatic carbocycles. The van der Waals surface area contributed by atoms with Crippen LogP contribution in [0.5, 0.6) is 0 Å². The Morgan fingerprint density at radius 3 is 2.70 bits per heavy atom. The van der Waals surface area contributed by atoms with Crippen molar-refractivity contribution in [2.75, 3.05) is 5.32 Å². The van der Waals surface area contributed by atoms with E-state index in [1.807, 2.05) is 48.5 Å². The number of hydrogen-bond acceptors (Lipinski definition) is 2. The fourth-order valence-electron chi connectivity index (χ4n) is 2.24. The van der Waals surface area contributed by atoms with Crippen molar-refractivity contribution in [2.24, 2.45) is 4.99 Å². The molecule has 0 fully saturated rings. The summed E-state index contributed by atoms with van der Waals surface area (Å²) >= 11 is 5.83. The van der Waals surface area contributed by atoms with Crippen molar-refractivity contribution >= 4 is 29.4 Å². The average molecular weight is 285 g/mol. The number of benzene rings is 2. The molecule has 0 saturated carbocycles. The molecule has 100 valence electrons. The number of nitrogens with one attached hydrogen (secondary N) is 1. The van der Waals surface area contributed by atoms with Crippen LogP contribution in [0.3, 0.4) is 0 Å². The molecule has 1 N–H and O–H groups in total. The minimum Gasteiger partial charge on any atom is -0.325 e. The summed E-state index contributed by atoms with van der Waals surface area (Å²) in [6, 6.07) is 15.2. The maximum Gasteiger partial charge on any atom is 0.237 e. The Balaban J connectivity index is 1.73. The lowest BCUT2D eigenvalue weighted by atomic mass is 10.0. The van der Waals surface area contributed by atoms with Crippen molar-refractivity contribution in [1.29, 1.82) is 0 Å². The highest BCUT2D eigenvalue weighted by atomic mass is 35.5. The number of halogens is 1. The number of carbonyl (C=O) groups is 1. The van der Waals surface area contributed by atoms with E-state index >= 15 is 0 Å². The van der Waals surface area contributed by atoms with Crippen LogP contribution in [0, 0.1) is 0 Å². The third kappa shape index (κ3) is 2.58. The summed E-state index contributed by atoms with van der Waals surface area (Å²) in [7, 11) is 0. The van der Waals surface area contributed by atoms with Gasteiger partial charge in [0.25, 0.3) is 0 Å². The van der Waals surface area contributed by atoms with Crippen LogP contribution in [-0.2, 0) is 11.3 Å². The lowest BCUT2D eigenvalue weighted by Crippen LogP contribution is -2.13. The summed E-state index contributed by atoms with van der Waals surface area (Å²) < 4.78 is 0. The Kier molecular flexibility index (Phi) is 3.52. The molecule has 4 heteroatoms. The highest BCUT2D eigenvalue weighted by Crippen LogP contribution is 2.30. The van der Waals surface area contributed by atoms with Gasteiger partial charge in [-0.05, 0) is 29.3 Å². The predicted octanol–water partition coefficient (Wildman–Crippen LogP) is 3.65. The van der Waals surface area contributed by atoms with Gasteiger partial charge in [-0.1, -0.05) is 41.9 Å². The third-order valence-corrected chi connectivity index (χ3v) is 3.53. The molecule has 1 aliphatic rings. The first-order valence-corrected chi connectivity index (χ1v) is 6.76. The maximum atomic E-state index is 11.9. The van der Waals surface area contributed by atoms with Crippen molar-refractivity contribution in [3.63, 3.8) is 0 Å². The third-order valence-electron chi connectivity index (χ3n) is 3.28. The second kappa shape index (κ2) is 5.47. The molecule has 1 amide bonds. The van der Waals surface area contributed by atoms with Crippen LogP contribution in [0.15, 0.2) is 53.5 Å². The molecular weight excluding hydrogens is 272 g/mol. The van der Waals surface area contributed by atoms with Crippen LogP contribution < -0.4 is 5.32 Å². The summed E-state index contributed by atoms with van der Waals surface area (Å²) in [5.41, 5.74) is 2.93. The molecule has 2 aromatic rings. The average Bonchev–Trinajstić information content (AvgIpc) is 2.77. The molecule has 0 saturated heterocycles. The van der Waals surface area contributed by atoms with E-state index < -0.39 is 0 Å². The largest absolute Gasteiger partial charge is 0.325 e. The van der Waals surface area contributed by atoms with E-state index in [0.29, 0.717) is 11.6 Å². The van der Waals surface area contributed by atoms with Gasteiger partial charge in [0.15, 0.2) is 0 Å². The van der Waals surface area contributed by atoms with Gasteiger partial charge in [-0.2, -0.15) is 0 Å². The number of amides is 1. The van der Waals surface area contributed by atoms with Crippen molar-refractivity contribution in [3.8, 4) is 0 Å². The zero-order valence-corrected chi connectivity index (χ0v) is 11.5. The number of rotatable bonds is 3. The molecule has 1 atom stereocenters. The number of nitrogens with zero attached hydrogens (tertiary/aromatic N) is 1. The molecule has 0 unspecified atom stereocenters. The standard InChI is InChI=1S/C16H13ClN2O/c17-12-7-5-11(6-8-12)9-18-10-14-13-3-1-2-4-15(13)19-16(14)20/h1-8,10,14H,9H2,(H,19,20)/t14-/m1/s1. The van der Waals surface area contributed by atoms with Crippen LogP contribution in [0.1, 0.15) is 17.0 Å². The molecule has 0 radical (unpaired) electrons. The topological polar surface area (TPSA) is 41.5 Å². The van der Waals surface area contributed by atoms with Crippen molar-refractivity contribution in [1.82, 2.24) is 0 Å². The van der Waals surface area contributed by atoms with Gasteiger partial charge in [-0.15, -0.1) is 0 Å². The molecule has 1 heterocycles. The van der Waals surface area contributed by atoms with E-state index in [0.717, 1.165) is 16.8 Å². The van der Waals surface area contributed by atoms with Gasteiger partial charge in [0.1, 0.15) is 5.92 Å². The zero-order valence-electron chi connectivity index (χ0n) is 10.7. The zero-order chi connectivity index (χ0) is 13.9. The normalized spacial score (nSPS) is 17.2. The van der Waals surface area contributed by atoms with Gasteiger partial charge in [-0.3, -0.25) is 9.79 Å². The van der Waals surface area contributed by atoms with Crippen molar-refractivity contribution in [3.05, 3.63) is 64.7 Å². The number of anilines is 1. The van der Waals surface area contributed by atoms with Gasteiger partial charge in [-0.25, -0.2) is 0 Å². The summed E-state index contributed by atoms with van der Waals surface area (Å²) in [4.78, 5) is 16.3. The Bertz CT molecular complexity index is 664. The van der Waals surface area contributed by atoms with E-state index in [4.69, 9.17) is 11.6 Å². The van der Waals surface area contributed by atoms with Gasteiger partial charge in [0.2, 0.25) is 5.91 Å². The number of aliphatic imine (C=N–C) groups is 1. The fraction of sp³-hybridized carbons (Fsp3) is 0.125. The summed E-state index contributed by atoms with van der Waals surface area (Å²) in [5, 5.41) is 3.57.